The number of guanidine groups is 1. The summed E-state index contributed by atoms with van der Waals surface area (Å²) >= 11 is 7.22. The van der Waals surface area contributed by atoms with Crippen LogP contribution >= 0.6 is 22.9 Å². The summed E-state index contributed by atoms with van der Waals surface area (Å²) in [4.78, 5) is 21.4. The first kappa shape index (κ1) is 21.1. The van der Waals surface area contributed by atoms with Gasteiger partial charge >= 0.3 is 0 Å². The van der Waals surface area contributed by atoms with Crippen LogP contribution in [-0.2, 0) is 4.79 Å². The molecule has 2 aromatic rings. The molecular weight excluding hydrogens is 386 g/mol. The number of nitrogens with one attached hydrogen (secondary N) is 3. The third-order valence-electron chi connectivity index (χ3n) is 3.49. The van der Waals surface area contributed by atoms with E-state index in [4.69, 9.17) is 11.6 Å². The monoisotopic (exact) mass is 409 g/mol. The lowest BCUT2D eigenvalue weighted by Crippen LogP contribution is -2.39. The van der Waals surface area contributed by atoms with Crippen LogP contribution in [0.2, 0.25) is 4.34 Å². The highest BCUT2D eigenvalue weighted by Crippen LogP contribution is 2.26. The molecule has 0 aromatic carbocycles. The van der Waals surface area contributed by atoms with Crippen LogP contribution in [0.4, 0.5) is 5.82 Å². The molecule has 9 heteroatoms. The van der Waals surface area contributed by atoms with Crippen LogP contribution in [0, 0.1) is 6.92 Å². The van der Waals surface area contributed by atoms with Gasteiger partial charge in [-0.3, -0.25) is 9.79 Å². The molecule has 27 heavy (non-hydrogen) atoms. The lowest BCUT2D eigenvalue weighted by molar-refractivity contribution is -0.116. The molecule has 2 rings (SSSR count). The summed E-state index contributed by atoms with van der Waals surface area (Å²) < 4.78 is 0.632. The quantitative estimate of drug-likeness (QED) is 0.397. The van der Waals surface area contributed by atoms with Crippen molar-refractivity contribution >= 4 is 40.6 Å². The topological polar surface area (TPSA) is 98.6 Å². The Bertz CT molecular complexity index is 781. The van der Waals surface area contributed by atoms with Crippen LogP contribution in [0.1, 0.15) is 30.0 Å². The smallest absolute Gasteiger partial charge is 0.227 e. The number of aromatic nitrogens is 1. The van der Waals surface area contributed by atoms with Gasteiger partial charge in [-0.25, -0.2) is 4.98 Å². The summed E-state index contributed by atoms with van der Waals surface area (Å²) in [6, 6.07) is 9.01. The summed E-state index contributed by atoms with van der Waals surface area (Å²) in [7, 11) is 0. The Morgan fingerprint density at radius 3 is 2.81 bits per heavy atom. The molecule has 0 radical (unpaired) electrons. The maximum Gasteiger partial charge on any atom is 0.227 e. The van der Waals surface area contributed by atoms with E-state index in [2.05, 4.69) is 25.9 Å². The number of halogens is 1. The van der Waals surface area contributed by atoms with Crippen molar-refractivity contribution in [2.24, 2.45) is 4.99 Å². The number of carbonyl (C=O) groups excluding carboxylic acids is 1. The van der Waals surface area contributed by atoms with Crippen molar-refractivity contribution in [2.75, 3.05) is 25.0 Å². The Morgan fingerprint density at radius 2 is 2.15 bits per heavy atom. The summed E-state index contributed by atoms with van der Waals surface area (Å²) in [6.07, 6.45) is -0.447. The second-order valence-corrected chi connectivity index (χ2v) is 7.51. The van der Waals surface area contributed by atoms with Crippen molar-refractivity contribution in [3.8, 4) is 0 Å². The molecule has 0 bridgehead atoms. The molecule has 0 fully saturated rings. The molecule has 0 saturated carbocycles. The SMILES string of the molecule is CCNC(=NCC(O)c1ccc(Cl)s1)NCCC(=O)Nc1cccc(C)n1. The van der Waals surface area contributed by atoms with Crippen LogP contribution in [0.3, 0.4) is 0 Å². The minimum atomic E-state index is -0.714. The van der Waals surface area contributed by atoms with Gasteiger partial charge in [-0.1, -0.05) is 17.7 Å². The third kappa shape index (κ3) is 7.54. The van der Waals surface area contributed by atoms with Crippen LogP contribution in [-0.4, -0.2) is 41.6 Å². The fraction of sp³-hybridized carbons (Fsp3) is 0.389. The first-order valence-corrected chi connectivity index (χ1v) is 9.86. The van der Waals surface area contributed by atoms with Gasteiger partial charge in [0.15, 0.2) is 5.96 Å². The molecule has 7 nitrogen and oxygen atoms in total. The molecule has 146 valence electrons. The number of thiophene rings is 1. The van der Waals surface area contributed by atoms with E-state index in [0.717, 1.165) is 10.6 Å². The van der Waals surface area contributed by atoms with E-state index in [1.165, 1.54) is 11.3 Å². The number of nitrogens with zero attached hydrogens (tertiary/aromatic N) is 2. The van der Waals surface area contributed by atoms with Gasteiger partial charge in [0.2, 0.25) is 5.91 Å². The number of pyridine rings is 1. The number of anilines is 1. The number of rotatable bonds is 8. The van der Waals surface area contributed by atoms with Crippen molar-refractivity contribution in [3.63, 3.8) is 0 Å². The highest BCUT2D eigenvalue weighted by Gasteiger charge is 2.10. The Labute approximate surface area is 167 Å². The van der Waals surface area contributed by atoms with Gasteiger partial charge in [0.25, 0.3) is 0 Å². The molecule has 2 heterocycles. The van der Waals surface area contributed by atoms with E-state index in [1.54, 1.807) is 18.2 Å². The summed E-state index contributed by atoms with van der Waals surface area (Å²) in [5, 5.41) is 19.1. The highest BCUT2D eigenvalue weighted by molar-refractivity contribution is 7.16. The second kappa shape index (κ2) is 10.9. The molecule has 0 saturated heterocycles. The van der Waals surface area contributed by atoms with Gasteiger partial charge in [0, 0.05) is 30.1 Å². The van der Waals surface area contributed by atoms with E-state index in [-0.39, 0.29) is 18.9 Å². The minimum Gasteiger partial charge on any atom is -0.386 e. The molecule has 0 aliphatic carbocycles. The third-order valence-corrected chi connectivity index (χ3v) is 4.82. The fourth-order valence-electron chi connectivity index (χ4n) is 2.23. The molecular formula is C18H24ClN5O2S. The highest BCUT2D eigenvalue weighted by atomic mass is 35.5. The standard InChI is InChI=1S/C18H24ClN5O2S/c1-3-20-18(22-11-13(25)14-7-8-15(19)27-14)21-10-9-17(26)24-16-6-4-5-12(2)23-16/h4-8,13,25H,3,9-11H2,1-2H3,(H2,20,21,22)(H,23,24,26). The van der Waals surface area contributed by atoms with E-state index in [0.29, 0.717) is 29.2 Å². The van der Waals surface area contributed by atoms with Crippen LogP contribution < -0.4 is 16.0 Å². The van der Waals surface area contributed by atoms with Crippen LogP contribution in [0.15, 0.2) is 35.3 Å². The average Bonchev–Trinajstić information content (AvgIpc) is 3.06. The lowest BCUT2D eigenvalue weighted by atomic mass is 10.3. The average molecular weight is 410 g/mol. The number of carbonyl (C=O) groups is 1. The number of hydrogen-bond donors (Lipinski definition) is 4. The fourth-order valence-corrected chi connectivity index (χ4v) is 3.27. The predicted molar refractivity (Wildman–Crippen MR) is 110 cm³/mol. The number of aliphatic hydroxyl groups is 1. The Balaban J connectivity index is 1.80. The van der Waals surface area contributed by atoms with Crippen LogP contribution in [0.5, 0.6) is 0 Å². The number of aliphatic imine (C=N–C) groups is 1. The van der Waals surface area contributed by atoms with Crippen molar-refractivity contribution < 1.29 is 9.90 Å². The van der Waals surface area contributed by atoms with Crippen molar-refractivity contribution in [1.82, 2.24) is 15.6 Å². The van der Waals surface area contributed by atoms with Gasteiger partial charge in [0.1, 0.15) is 11.9 Å². The molecule has 1 unspecified atom stereocenters. The summed E-state index contributed by atoms with van der Waals surface area (Å²) in [5.74, 6) is 0.948. The molecule has 1 amide bonds. The number of hydrogen-bond acceptors (Lipinski definition) is 5. The van der Waals surface area contributed by atoms with Crippen molar-refractivity contribution in [3.05, 3.63) is 45.2 Å². The zero-order chi connectivity index (χ0) is 19.6. The molecule has 4 N–H and O–H groups in total. The number of aryl methyl sites for hydroxylation is 1. The number of aliphatic hydroxyl groups excluding tert-OH is 1. The van der Waals surface area contributed by atoms with Gasteiger partial charge in [-0.2, -0.15) is 0 Å². The maximum absolute atomic E-state index is 12.0. The van der Waals surface area contributed by atoms with Gasteiger partial charge in [0.05, 0.1) is 10.9 Å². The molecule has 0 aliphatic rings. The zero-order valence-electron chi connectivity index (χ0n) is 15.3. The van der Waals surface area contributed by atoms with E-state index >= 15 is 0 Å². The van der Waals surface area contributed by atoms with Gasteiger partial charge in [-0.15, -0.1) is 11.3 Å². The molecule has 1 atom stereocenters. The van der Waals surface area contributed by atoms with E-state index in [1.807, 2.05) is 26.0 Å². The van der Waals surface area contributed by atoms with Gasteiger partial charge < -0.3 is 21.1 Å². The molecule has 0 spiro atoms. The lowest BCUT2D eigenvalue weighted by Gasteiger charge is -2.12. The largest absolute Gasteiger partial charge is 0.386 e. The normalized spacial score (nSPS) is 12.5. The second-order valence-electron chi connectivity index (χ2n) is 5.77. The van der Waals surface area contributed by atoms with Gasteiger partial charge in [-0.05, 0) is 38.1 Å². The van der Waals surface area contributed by atoms with Crippen molar-refractivity contribution in [2.45, 2.75) is 26.4 Å². The summed E-state index contributed by atoms with van der Waals surface area (Å²) in [5.41, 5.74) is 0.845. The predicted octanol–water partition coefficient (Wildman–Crippen LogP) is 2.72. The molecule has 2 aromatic heterocycles. The Hall–Kier alpha value is -2.16. The Kier molecular flexibility index (Phi) is 8.50. The van der Waals surface area contributed by atoms with E-state index < -0.39 is 6.10 Å². The van der Waals surface area contributed by atoms with Crippen LogP contribution in [0.25, 0.3) is 0 Å². The summed E-state index contributed by atoms with van der Waals surface area (Å²) in [6.45, 7) is 5.10. The zero-order valence-corrected chi connectivity index (χ0v) is 16.9. The minimum absolute atomic E-state index is 0.135. The Morgan fingerprint density at radius 1 is 1.33 bits per heavy atom. The maximum atomic E-state index is 12.0. The van der Waals surface area contributed by atoms with Crippen molar-refractivity contribution in [1.29, 1.82) is 0 Å². The first-order valence-electron chi connectivity index (χ1n) is 8.67. The van der Waals surface area contributed by atoms with E-state index in [9.17, 15) is 9.90 Å². The first-order chi connectivity index (χ1) is 13.0. The number of amides is 1. The molecule has 0 aliphatic heterocycles.